The summed E-state index contributed by atoms with van der Waals surface area (Å²) in [5.41, 5.74) is 0. The molecule has 0 radical (unpaired) electrons. The lowest BCUT2D eigenvalue weighted by Crippen LogP contribution is -2.50. The van der Waals surface area contributed by atoms with Crippen molar-refractivity contribution in [1.29, 1.82) is 0 Å². The molecule has 2 N–H and O–H groups in total. The topological polar surface area (TPSA) is 54.3 Å². The number of amides is 1. The van der Waals surface area contributed by atoms with Gasteiger partial charge in [-0.05, 0) is 31.0 Å². The van der Waals surface area contributed by atoms with Crippen LogP contribution >= 0.6 is 0 Å². The molecule has 1 saturated heterocycles. The highest BCUT2D eigenvalue weighted by Gasteiger charge is 2.23. The first-order chi connectivity index (χ1) is 7.27. The highest BCUT2D eigenvalue weighted by atomic mass is 16.3. The second-order valence-corrected chi connectivity index (χ2v) is 4.03. The van der Waals surface area contributed by atoms with Gasteiger partial charge in [-0.2, -0.15) is 0 Å². The van der Waals surface area contributed by atoms with Crippen molar-refractivity contribution < 1.29 is 9.21 Å². The van der Waals surface area contributed by atoms with Gasteiger partial charge in [0.2, 0.25) is 0 Å². The molecule has 1 amide bonds. The Hall–Kier alpha value is -1.29. The first kappa shape index (κ1) is 10.2. The zero-order chi connectivity index (χ0) is 10.7. The summed E-state index contributed by atoms with van der Waals surface area (Å²) in [4.78, 5) is 11.7. The summed E-state index contributed by atoms with van der Waals surface area (Å²) in [5, 5.41) is 6.25. The predicted octanol–water partition coefficient (Wildman–Crippen LogP) is 1.01. The van der Waals surface area contributed by atoms with Crippen LogP contribution in [0.5, 0.6) is 0 Å². The molecule has 0 aromatic carbocycles. The molecule has 1 aliphatic heterocycles. The number of piperidine rings is 1. The van der Waals surface area contributed by atoms with Crippen LogP contribution in [-0.4, -0.2) is 25.0 Å². The van der Waals surface area contributed by atoms with Crippen molar-refractivity contribution in [3.8, 4) is 0 Å². The van der Waals surface area contributed by atoms with E-state index in [1.54, 1.807) is 12.1 Å². The molecule has 1 aromatic heterocycles. The van der Waals surface area contributed by atoms with Gasteiger partial charge in [-0.15, -0.1) is 0 Å². The Morgan fingerprint density at radius 3 is 3.20 bits per heavy atom. The monoisotopic (exact) mass is 208 g/mol. The van der Waals surface area contributed by atoms with Gasteiger partial charge in [0.1, 0.15) is 0 Å². The van der Waals surface area contributed by atoms with Gasteiger partial charge in [-0.3, -0.25) is 4.79 Å². The summed E-state index contributed by atoms with van der Waals surface area (Å²) in [6.07, 6.45) is 2.61. The normalized spacial score (nSPS) is 26.2. The van der Waals surface area contributed by atoms with E-state index in [-0.39, 0.29) is 11.9 Å². The quantitative estimate of drug-likeness (QED) is 0.762. The molecule has 4 heteroatoms. The maximum absolute atomic E-state index is 11.7. The van der Waals surface area contributed by atoms with Gasteiger partial charge in [0.15, 0.2) is 5.76 Å². The van der Waals surface area contributed by atoms with Crippen molar-refractivity contribution >= 4 is 5.91 Å². The third-order valence-electron chi connectivity index (χ3n) is 2.89. The number of furan rings is 1. The smallest absolute Gasteiger partial charge is 0.287 e. The number of carbonyl (C=O) groups excluding carboxylic acids is 1. The van der Waals surface area contributed by atoms with E-state index in [1.165, 1.54) is 6.26 Å². The third-order valence-corrected chi connectivity index (χ3v) is 2.89. The largest absolute Gasteiger partial charge is 0.459 e. The van der Waals surface area contributed by atoms with Crippen LogP contribution in [0.2, 0.25) is 0 Å². The molecular weight excluding hydrogens is 192 g/mol. The average Bonchev–Trinajstić information content (AvgIpc) is 2.74. The first-order valence-corrected chi connectivity index (χ1v) is 5.32. The Balaban J connectivity index is 1.93. The van der Waals surface area contributed by atoms with E-state index in [4.69, 9.17) is 4.42 Å². The van der Waals surface area contributed by atoms with Crippen LogP contribution in [-0.2, 0) is 0 Å². The molecule has 2 unspecified atom stereocenters. The summed E-state index contributed by atoms with van der Waals surface area (Å²) in [7, 11) is 0. The fraction of sp³-hybridized carbons (Fsp3) is 0.545. The second kappa shape index (κ2) is 4.49. The van der Waals surface area contributed by atoms with Gasteiger partial charge in [0.25, 0.3) is 5.91 Å². The molecule has 2 heterocycles. The number of hydrogen-bond acceptors (Lipinski definition) is 3. The lowest BCUT2D eigenvalue weighted by Gasteiger charge is -2.29. The van der Waals surface area contributed by atoms with Crippen molar-refractivity contribution in [2.75, 3.05) is 13.1 Å². The van der Waals surface area contributed by atoms with Crippen molar-refractivity contribution in [2.45, 2.75) is 19.4 Å². The van der Waals surface area contributed by atoms with Crippen LogP contribution in [0.3, 0.4) is 0 Å². The summed E-state index contributed by atoms with van der Waals surface area (Å²) in [5.74, 6) is 0.776. The van der Waals surface area contributed by atoms with Crippen molar-refractivity contribution in [3.05, 3.63) is 24.2 Å². The van der Waals surface area contributed by atoms with Gasteiger partial charge in [-0.25, -0.2) is 0 Å². The highest BCUT2D eigenvalue weighted by Crippen LogP contribution is 2.12. The van der Waals surface area contributed by atoms with Crippen LogP contribution in [0, 0.1) is 5.92 Å². The van der Waals surface area contributed by atoms with Gasteiger partial charge in [0.05, 0.1) is 6.26 Å². The Labute approximate surface area is 89.0 Å². The zero-order valence-corrected chi connectivity index (χ0v) is 8.82. The van der Waals surface area contributed by atoms with Crippen LogP contribution in [0.1, 0.15) is 23.9 Å². The summed E-state index contributed by atoms with van der Waals surface area (Å²) in [6, 6.07) is 3.60. The van der Waals surface area contributed by atoms with Gasteiger partial charge >= 0.3 is 0 Å². The lowest BCUT2D eigenvalue weighted by molar-refractivity contribution is 0.0887. The fourth-order valence-electron chi connectivity index (χ4n) is 1.83. The minimum atomic E-state index is -0.124. The van der Waals surface area contributed by atoms with Crippen LogP contribution < -0.4 is 10.6 Å². The van der Waals surface area contributed by atoms with Crippen LogP contribution in [0.25, 0.3) is 0 Å². The maximum atomic E-state index is 11.7. The summed E-state index contributed by atoms with van der Waals surface area (Å²) >= 11 is 0. The number of nitrogens with one attached hydrogen (secondary N) is 2. The van der Waals surface area contributed by atoms with Gasteiger partial charge in [0, 0.05) is 12.6 Å². The minimum absolute atomic E-state index is 0.124. The summed E-state index contributed by atoms with van der Waals surface area (Å²) in [6.45, 7) is 4.04. The maximum Gasteiger partial charge on any atom is 0.287 e. The summed E-state index contributed by atoms with van der Waals surface area (Å²) < 4.78 is 5.04. The van der Waals surface area contributed by atoms with Crippen molar-refractivity contribution in [2.24, 2.45) is 5.92 Å². The van der Waals surface area contributed by atoms with E-state index in [9.17, 15) is 4.79 Å². The molecule has 1 aromatic rings. The van der Waals surface area contributed by atoms with E-state index in [0.29, 0.717) is 11.7 Å². The van der Waals surface area contributed by atoms with E-state index in [0.717, 1.165) is 19.5 Å². The number of rotatable bonds is 2. The Morgan fingerprint density at radius 2 is 2.53 bits per heavy atom. The van der Waals surface area contributed by atoms with Crippen molar-refractivity contribution in [3.63, 3.8) is 0 Å². The molecule has 82 valence electrons. The fourth-order valence-corrected chi connectivity index (χ4v) is 1.83. The van der Waals surface area contributed by atoms with E-state index in [1.807, 2.05) is 0 Å². The molecule has 1 aliphatic rings. The number of hydrogen-bond donors (Lipinski definition) is 2. The Morgan fingerprint density at radius 1 is 1.67 bits per heavy atom. The predicted molar refractivity (Wildman–Crippen MR) is 56.6 cm³/mol. The minimum Gasteiger partial charge on any atom is -0.459 e. The standard InChI is InChI=1S/C11H16N2O2/c1-8-4-5-12-7-9(8)13-11(14)10-3-2-6-15-10/h2-3,6,8-9,12H,4-5,7H2,1H3,(H,13,14). The molecule has 1 fully saturated rings. The van der Waals surface area contributed by atoms with Crippen LogP contribution in [0.4, 0.5) is 0 Å². The molecule has 0 spiro atoms. The third kappa shape index (κ3) is 2.39. The van der Waals surface area contributed by atoms with E-state index in [2.05, 4.69) is 17.6 Å². The van der Waals surface area contributed by atoms with Gasteiger partial charge in [-0.1, -0.05) is 6.92 Å². The lowest BCUT2D eigenvalue weighted by atomic mass is 9.95. The van der Waals surface area contributed by atoms with Crippen LogP contribution in [0.15, 0.2) is 22.8 Å². The zero-order valence-electron chi connectivity index (χ0n) is 8.82. The Kier molecular flexibility index (Phi) is 3.06. The molecule has 0 saturated carbocycles. The Bertz CT molecular complexity index is 321. The van der Waals surface area contributed by atoms with E-state index >= 15 is 0 Å². The number of carbonyl (C=O) groups is 1. The first-order valence-electron chi connectivity index (χ1n) is 5.32. The molecule has 0 aliphatic carbocycles. The molecule has 0 bridgehead atoms. The molecular formula is C11H16N2O2. The SMILES string of the molecule is CC1CCNCC1NC(=O)c1ccco1. The van der Waals surface area contributed by atoms with Crippen molar-refractivity contribution in [1.82, 2.24) is 10.6 Å². The average molecular weight is 208 g/mol. The molecule has 2 atom stereocenters. The second-order valence-electron chi connectivity index (χ2n) is 4.03. The molecule has 15 heavy (non-hydrogen) atoms. The molecule has 4 nitrogen and oxygen atoms in total. The highest BCUT2D eigenvalue weighted by molar-refractivity contribution is 5.91. The van der Waals surface area contributed by atoms with E-state index < -0.39 is 0 Å². The molecule has 2 rings (SSSR count). The van der Waals surface area contributed by atoms with Gasteiger partial charge < -0.3 is 15.1 Å².